The molecule has 1 heterocycles. The summed E-state index contributed by atoms with van der Waals surface area (Å²) in [6.45, 7) is 0. The lowest BCUT2D eigenvalue weighted by atomic mass is 9.97. The van der Waals surface area contributed by atoms with E-state index in [-0.39, 0.29) is 0 Å². The van der Waals surface area contributed by atoms with Crippen molar-refractivity contribution < 1.29 is 17.9 Å². The lowest BCUT2D eigenvalue weighted by Crippen LogP contribution is -2.29. The smallest absolute Gasteiger partial charge is 0.416 e. The molecule has 3 N–H and O–H groups in total. The second-order valence-corrected chi connectivity index (χ2v) is 4.34. The Bertz CT molecular complexity index is 616. The van der Waals surface area contributed by atoms with E-state index in [1.807, 2.05) is 0 Å². The zero-order chi connectivity index (χ0) is 15.5. The van der Waals surface area contributed by atoms with Crippen molar-refractivity contribution in [2.45, 2.75) is 12.2 Å². The van der Waals surface area contributed by atoms with Gasteiger partial charge in [0.2, 0.25) is 0 Å². The SMILES string of the molecule is COc1cnccc1C(NN)c1cccc(C(F)(F)F)c1. The van der Waals surface area contributed by atoms with Crippen LogP contribution in [0.25, 0.3) is 0 Å². The van der Waals surface area contributed by atoms with Gasteiger partial charge in [0.1, 0.15) is 5.75 Å². The standard InChI is InChI=1S/C14H14F3N3O/c1-21-12-8-19-6-5-11(12)13(20-18)9-3-2-4-10(7-9)14(15,16)17/h2-8,13,20H,18H2,1H3. The molecule has 112 valence electrons. The second kappa shape index (κ2) is 6.11. The number of halogens is 3. The molecule has 0 bridgehead atoms. The number of nitrogens with one attached hydrogen (secondary N) is 1. The van der Waals surface area contributed by atoms with Gasteiger partial charge in [0.25, 0.3) is 0 Å². The van der Waals surface area contributed by atoms with Crippen LogP contribution < -0.4 is 16.0 Å². The minimum absolute atomic E-state index is 0.386. The molecular formula is C14H14F3N3O. The maximum atomic E-state index is 12.8. The van der Waals surface area contributed by atoms with Crippen LogP contribution >= 0.6 is 0 Å². The van der Waals surface area contributed by atoms with Crippen LogP contribution in [0.2, 0.25) is 0 Å². The highest BCUT2D eigenvalue weighted by Gasteiger charge is 2.31. The van der Waals surface area contributed by atoms with Crippen molar-refractivity contribution in [2.24, 2.45) is 5.84 Å². The van der Waals surface area contributed by atoms with Gasteiger partial charge >= 0.3 is 6.18 Å². The van der Waals surface area contributed by atoms with Crippen LogP contribution in [0.5, 0.6) is 5.75 Å². The number of hydrogen-bond acceptors (Lipinski definition) is 4. The largest absolute Gasteiger partial charge is 0.495 e. The second-order valence-electron chi connectivity index (χ2n) is 4.34. The summed E-state index contributed by atoms with van der Waals surface area (Å²) >= 11 is 0. The molecule has 1 aromatic heterocycles. The van der Waals surface area contributed by atoms with E-state index >= 15 is 0 Å². The Labute approximate surface area is 119 Å². The van der Waals surface area contributed by atoms with E-state index in [0.29, 0.717) is 16.9 Å². The zero-order valence-electron chi connectivity index (χ0n) is 11.2. The van der Waals surface area contributed by atoms with Gasteiger partial charge in [-0.1, -0.05) is 12.1 Å². The molecular weight excluding hydrogens is 283 g/mol. The summed E-state index contributed by atoms with van der Waals surface area (Å²) in [6, 6.07) is 6.00. The molecule has 0 radical (unpaired) electrons. The number of nitrogens with two attached hydrogens (primary N) is 1. The number of nitrogens with zero attached hydrogens (tertiary/aromatic N) is 1. The number of aromatic nitrogens is 1. The first-order valence-electron chi connectivity index (χ1n) is 6.08. The molecule has 0 aliphatic rings. The van der Waals surface area contributed by atoms with Crippen LogP contribution in [0.1, 0.15) is 22.7 Å². The number of methoxy groups -OCH3 is 1. The van der Waals surface area contributed by atoms with Crippen LogP contribution in [-0.4, -0.2) is 12.1 Å². The molecule has 2 aromatic rings. The molecule has 0 aliphatic heterocycles. The van der Waals surface area contributed by atoms with E-state index in [0.717, 1.165) is 12.1 Å². The Morgan fingerprint density at radius 2 is 2.05 bits per heavy atom. The summed E-state index contributed by atoms with van der Waals surface area (Å²) in [6.07, 6.45) is -1.40. The van der Waals surface area contributed by atoms with Gasteiger partial charge in [-0.3, -0.25) is 10.8 Å². The quantitative estimate of drug-likeness (QED) is 0.673. The van der Waals surface area contributed by atoms with Crippen molar-refractivity contribution in [1.82, 2.24) is 10.4 Å². The Hall–Kier alpha value is -2.12. The lowest BCUT2D eigenvalue weighted by Gasteiger charge is -2.20. The van der Waals surface area contributed by atoms with Gasteiger partial charge in [-0.2, -0.15) is 13.2 Å². The van der Waals surface area contributed by atoms with Gasteiger partial charge in [-0.25, -0.2) is 5.43 Å². The highest BCUT2D eigenvalue weighted by Crippen LogP contribution is 2.33. The van der Waals surface area contributed by atoms with Gasteiger partial charge in [-0.15, -0.1) is 0 Å². The maximum Gasteiger partial charge on any atom is 0.416 e. The van der Waals surface area contributed by atoms with E-state index < -0.39 is 17.8 Å². The van der Waals surface area contributed by atoms with Gasteiger partial charge in [0.15, 0.2) is 0 Å². The van der Waals surface area contributed by atoms with Gasteiger partial charge < -0.3 is 4.74 Å². The van der Waals surface area contributed by atoms with Crippen LogP contribution in [-0.2, 0) is 6.18 Å². The molecule has 21 heavy (non-hydrogen) atoms. The first-order chi connectivity index (χ1) is 9.97. The lowest BCUT2D eigenvalue weighted by molar-refractivity contribution is -0.137. The van der Waals surface area contributed by atoms with E-state index in [9.17, 15) is 13.2 Å². The number of rotatable bonds is 4. The van der Waals surface area contributed by atoms with Crippen molar-refractivity contribution in [1.29, 1.82) is 0 Å². The normalized spacial score (nSPS) is 13.0. The van der Waals surface area contributed by atoms with Crippen LogP contribution in [0.4, 0.5) is 13.2 Å². The van der Waals surface area contributed by atoms with Crippen LogP contribution in [0.3, 0.4) is 0 Å². The Morgan fingerprint density at radius 3 is 2.67 bits per heavy atom. The predicted molar refractivity (Wildman–Crippen MR) is 71.4 cm³/mol. The van der Waals surface area contributed by atoms with E-state index in [2.05, 4.69) is 10.4 Å². The highest BCUT2D eigenvalue weighted by atomic mass is 19.4. The Morgan fingerprint density at radius 1 is 1.29 bits per heavy atom. The molecule has 4 nitrogen and oxygen atoms in total. The summed E-state index contributed by atoms with van der Waals surface area (Å²) in [5.74, 6) is 5.95. The van der Waals surface area contributed by atoms with Crippen molar-refractivity contribution in [3.05, 3.63) is 59.4 Å². The summed E-state index contributed by atoms with van der Waals surface area (Å²) in [5.41, 5.74) is 2.78. The topological polar surface area (TPSA) is 60.2 Å². The van der Waals surface area contributed by atoms with Gasteiger partial charge in [0.05, 0.1) is 24.9 Å². The monoisotopic (exact) mass is 297 g/mol. The molecule has 2 rings (SSSR count). The third kappa shape index (κ3) is 3.32. The molecule has 1 atom stereocenters. The number of benzene rings is 1. The predicted octanol–water partition coefficient (Wildman–Crippen LogP) is 2.66. The number of ether oxygens (including phenoxy) is 1. The van der Waals surface area contributed by atoms with Crippen molar-refractivity contribution in [3.63, 3.8) is 0 Å². The number of pyridine rings is 1. The Kier molecular flexibility index (Phi) is 4.44. The first-order valence-corrected chi connectivity index (χ1v) is 6.08. The zero-order valence-corrected chi connectivity index (χ0v) is 11.2. The highest BCUT2D eigenvalue weighted by molar-refractivity contribution is 5.41. The molecule has 0 fully saturated rings. The summed E-state index contributed by atoms with van der Waals surface area (Å²) in [4.78, 5) is 3.91. The summed E-state index contributed by atoms with van der Waals surface area (Å²) in [5, 5.41) is 0. The van der Waals surface area contributed by atoms with E-state index in [4.69, 9.17) is 10.6 Å². The average Bonchev–Trinajstić information content (AvgIpc) is 2.48. The average molecular weight is 297 g/mol. The Balaban J connectivity index is 2.47. The van der Waals surface area contributed by atoms with E-state index in [1.165, 1.54) is 25.6 Å². The minimum Gasteiger partial charge on any atom is -0.495 e. The molecule has 0 aliphatic carbocycles. The van der Waals surface area contributed by atoms with Gasteiger partial charge in [0, 0.05) is 11.8 Å². The maximum absolute atomic E-state index is 12.8. The molecule has 0 amide bonds. The number of hydrazine groups is 1. The van der Waals surface area contributed by atoms with Crippen LogP contribution in [0, 0.1) is 0 Å². The molecule has 0 saturated heterocycles. The number of alkyl halides is 3. The fourth-order valence-corrected chi connectivity index (χ4v) is 2.06. The molecule has 7 heteroatoms. The van der Waals surface area contributed by atoms with Crippen molar-refractivity contribution in [3.8, 4) is 5.75 Å². The number of hydrogen-bond donors (Lipinski definition) is 2. The van der Waals surface area contributed by atoms with Crippen molar-refractivity contribution >= 4 is 0 Å². The van der Waals surface area contributed by atoms with E-state index in [1.54, 1.807) is 12.1 Å². The molecule has 1 unspecified atom stereocenters. The van der Waals surface area contributed by atoms with Gasteiger partial charge in [-0.05, 0) is 23.8 Å². The summed E-state index contributed by atoms with van der Waals surface area (Å²) in [7, 11) is 1.46. The molecule has 0 spiro atoms. The fourth-order valence-electron chi connectivity index (χ4n) is 2.06. The fraction of sp³-hybridized carbons (Fsp3) is 0.214. The third-order valence-corrected chi connectivity index (χ3v) is 3.06. The van der Waals surface area contributed by atoms with Crippen LogP contribution in [0.15, 0.2) is 42.7 Å². The molecule has 0 saturated carbocycles. The molecule has 1 aromatic carbocycles. The van der Waals surface area contributed by atoms with Crippen molar-refractivity contribution in [2.75, 3.05) is 7.11 Å². The third-order valence-electron chi connectivity index (χ3n) is 3.06. The summed E-state index contributed by atoms with van der Waals surface area (Å²) < 4.78 is 43.6. The minimum atomic E-state index is -4.41. The first kappa shape index (κ1) is 15.3.